The molecule has 0 unspecified atom stereocenters. The smallest absolute Gasteiger partial charge is 0.213 e. The average Bonchev–Trinajstić information content (AvgIpc) is 3.05. The van der Waals surface area contributed by atoms with E-state index in [2.05, 4.69) is 15.6 Å². The monoisotopic (exact) mass is 398 g/mol. The second-order valence-electron chi connectivity index (χ2n) is 5.67. The van der Waals surface area contributed by atoms with Crippen LogP contribution in [-0.2, 0) is 4.79 Å². The van der Waals surface area contributed by atoms with E-state index in [-0.39, 0.29) is 22.5 Å². The van der Waals surface area contributed by atoms with Crippen LogP contribution in [0.3, 0.4) is 0 Å². The number of methoxy groups -OCH3 is 1. The van der Waals surface area contributed by atoms with Gasteiger partial charge in [-0.2, -0.15) is 0 Å². The fraction of sp³-hybridized carbons (Fsp3) is 0.353. The number of benzene rings is 1. The molecule has 0 aliphatic carbocycles. The van der Waals surface area contributed by atoms with Gasteiger partial charge in [-0.05, 0) is 38.1 Å². The van der Waals surface area contributed by atoms with Crippen molar-refractivity contribution in [2.24, 2.45) is 0 Å². The van der Waals surface area contributed by atoms with Gasteiger partial charge in [0.15, 0.2) is 16.8 Å². The van der Waals surface area contributed by atoms with Gasteiger partial charge in [0.1, 0.15) is 28.8 Å². The number of piperidine rings is 1. The topological polar surface area (TPSA) is 106 Å². The van der Waals surface area contributed by atoms with Gasteiger partial charge < -0.3 is 25.9 Å². The SMILES string of the molecule is C=O.COc1ccc(F)c(F)c1C(=O)c1sc(NC2CCNCC2)nc1N. The van der Waals surface area contributed by atoms with Gasteiger partial charge in [0.25, 0.3) is 0 Å². The fourth-order valence-electron chi connectivity index (χ4n) is 2.73. The molecule has 1 fully saturated rings. The highest BCUT2D eigenvalue weighted by molar-refractivity contribution is 7.18. The van der Waals surface area contributed by atoms with Crippen molar-refractivity contribution in [1.29, 1.82) is 0 Å². The van der Waals surface area contributed by atoms with E-state index in [9.17, 15) is 13.6 Å². The number of nitrogens with zero attached hydrogens (tertiary/aromatic N) is 1. The first-order valence-electron chi connectivity index (χ1n) is 8.10. The number of anilines is 2. The third kappa shape index (κ3) is 4.58. The van der Waals surface area contributed by atoms with Crippen LogP contribution in [0.15, 0.2) is 12.1 Å². The highest BCUT2D eigenvalue weighted by atomic mass is 32.1. The number of hydrogen-bond donors (Lipinski definition) is 3. The van der Waals surface area contributed by atoms with Crippen LogP contribution in [0.4, 0.5) is 19.7 Å². The van der Waals surface area contributed by atoms with Crippen molar-refractivity contribution in [2.45, 2.75) is 18.9 Å². The molecule has 1 aliphatic rings. The standard InChI is InChI=1S/C16H18F2N4O2S.CH2O/c1-24-10-3-2-9(17)12(18)11(10)13(23)14-15(19)22-16(25-14)21-8-4-6-20-7-5-8;1-2/h2-3,8,20H,4-7,19H2,1H3,(H,21,22);1H2. The Hall–Kier alpha value is -2.59. The number of nitrogen functional groups attached to an aromatic ring is 1. The van der Waals surface area contributed by atoms with Crippen molar-refractivity contribution >= 4 is 34.9 Å². The number of rotatable bonds is 5. The van der Waals surface area contributed by atoms with Crippen molar-refractivity contribution in [3.8, 4) is 5.75 Å². The minimum atomic E-state index is -1.26. The largest absolute Gasteiger partial charge is 0.496 e. The normalized spacial score (nSPS) is 14.2. The van der Waals surface area contributed by atoms with Crippen LogP contribution in [-0.4, -0.2) is 43.8 Å². The fourth-order valence-corrected chi connectivity index (χ4v) is 3.63. The summed E-state index contributed by atoms with van der Waals surface area (Å²) in [5.41, 5.74) is 5.35. The van der Waals surface area contributed by atoms with Gasteiger partial charge in [0, 0.05) is 6.04 Å². The molecule has 1 aromatic carbocycles. The summed E-state index contributed by atoms with van der Waals surface area (Å²) in [4.78, 5) is 24.9. The number of carbonyl (C=O) groups is 2. The summed E-state index contributed by atoms with van der Waals surface area (Å²) in [6.45, 7) is 3.80. The lowest BCUT2D eigenvalue weighted by molar-refractivity contribution is -0.0980. The summed E-state index contributed by atoms with van der Waals surface area (Å²) in [6, 6.07) is 2.34. The molecule has 1 aliphatic heterocycles. The summed E-state index contributed by atoms with van der Waals surface area (Å²) in [5, 5.41) is 6.98. The van der Waals surface area contributed by atoms with Crippen LogP contribution >= 0.6 is 11.3 Å². The zero-order valence-corrected chi connectivity index (χ0v) is 15.5. The molecular formula is C17H20F2N4O3S. The molecule has 10 heteroatoms. The molecule has 0 radical (unpaired) electrons. The molecule has 146 valence electrons. The van der Waals surface area contributed by atoms with Gasteiger partial charge in [-0.1, -0.05) is 11.3 Å². The summed E-state index contributed by atoms with van der Waals surface area (Å²) in [7, 11) is 1.28. The Morgan fingerprint density at radius 3 is 2.67 bits per heavy atom. The highest BCUT2D eigenvalue weighted by Crippen LogP contribution is 2.33. The first-order chi connectivity index (χ1) is 13.0. The van der Waals surface area contributed by atoms with Crippen LogP contribution in [0, 0.1) is 11.6 Å². The maximum Gasteiger partial charge on any atom is 0.213 e. The van der Waals surface area contributed by atoms with Crippen LogP contribution in [0.1, 0.15) is 28.1 Å². The Labute approximate surface area is 158 Å². The van der Waals surface area contributed by atoms with Gasteiger partial charge in [-0.15, -0.1) is 0 Å². The van der Waals surface area contributed by atoms with E-state index in [1.807, 2.05) is 6.79 Å². The minimum Gasteiger partial charge on any atom is -0.496 e. The van der Waals surface area contributed by atoms with Crippen molar-refractivity contribution < 1.29 is 23.1 Å². The molecule has 0 amide bonds. The summed E-state index contributed by atoms with van der Waals surface area (Å²) in [6.07, 6.45) is 1.85. The van der Waals surface area contributed by atoms with Crippen molar-refractivity contribution in [3.05, 3.63) is 34.2 Å². The molecular weight excluding hydrogens is 378 g/mol. The molecule has 0 saturated carbocycles. The van der Waals surface area contributed by atoms with Crippen LogP contribution < -0.4 is 21.1 Å². The number of ketones is 1. The maximum atomic E-state index is 14.1. The van der Waals surface area contributed by atoms with Gasteiger partial charge in [0.05, 0.1) is 7.11 Å². The number of halogens is 2. The Morgan fingerprint density at radius 2 is 2.04 bits per heavy atom. The first-order valence-corrected chi connectivity index (χ1v) is 8.92. The third-order valence-electron chi connectivity index (χ3n) is 4.03. The second kappa shape index (κ2) is 9.38. The number of aromatic nitrogens is 1. The summed E-state index contributed by atoms with van der Waals surface area (Å²) < 4.78 is 32.7. The number of nitrogens with two attached hydrogens (primary N) is 1. The van der Waals surface area contributed by atoms with Crippen LogP contribution in [0.2, 0.25) is 0 Å². The lowest BCUT2D eigenvalue weighted by Crippen LogP contribution is -2.35. The Morgan fingerprint density at radius 1 is 1.37 bits per heavy atom. The van der Waals surface area contributed by atoms with E-state index in [0.29, 0.717) is 5.13 Å². The van der Waals surface area contributed by atoms with E-state index >= 15 is 0 Å². The molecule has 7 nitrogen and oxygen atoms in total. The van der Waals surface area contributed by atoms with Crippen molar-refractivity contribution in [3.63, 3.8) is 0 Å². The number of nitrogens with one attached hydrogen (secondary N) is 2. The molecule has 2 aromatic rings. The minimum absolute atomic E-state index is 0.0165. The predicted molar refractivity (Wildman–Crippen MR) is 99.5 cm³/mol. The predicted octanol–water partition coefficient (Wildman–Crippen LogP) is 2.22. The molecule has 1 saturated heterocycles. The molecule has 27 heavy (non-hydrogen) atoms. The number of thiazole rings is 1. The van der Waals surface area contributed by atoms with E-state index < -0.39 is 23.0 Å². The zero-order chi connectivity index (χ0) is 20.0. The number of carbonyl (C=O) groups excluding carboxylic acids is 2. The van der Waals surface area contributed by atoms with Crippen LogP contribution in [0.5, 0.6) is 5.75 Å². The van der Waals surface area contributed by atoms with E-state index in [1.54, 1.807) is 0 Å². The molecule has 0 bridgehead atoms. The molecule has 4 N–H and O–H groups in total. The first kappa shape index (κ1) is 20.7. The maximum absolute atomic E-state index is 14.1. The van der Waals surface area contributed by atoms with Gasteiger partial charge in [-0.25, -0.2) is 13.8 Å². The Kier molecular flexibility index (Phi) is 7.19. The highest BCUT2D eigenvalue weighted by Gasteiger charge is 2.27. The molecule has 0 spiro atoms. The molecule has 0 atom stereocenters. The second-order valence-corrected chi connectivity index (χ2v) is 6.67. The summed E-state index contributed by atoms with van der Waals surface area (Å²) >= 11 is 1.03. The van der Waals surface area contributed by atoms with Crippen molar-refractivity contribution in [2.75, 3.05) is 31.2 Å². The third-order valence-corrected chi connectivity index (χ3v) is 5.03. The van der Waals surface area contributed by atoms with Crippen molar-refractivity contribution in [1.82, 2.24) is 10.3 Å². The molecule has 3 rings (SSSR count). The lowest BCUT2D eigenvalue weighted by atomic mass is 10.1. The molecule has 2 heterocycles. The number of ether oxygens (including phenoxy) is 1. The Balaban J connectivity index is 0.00000126. The molecule has 1 aromatic heterocycles. The van der Waals surface area contributed by atoms with Gasteiger partial charge in [0.2, 0.25) is 5.78 Å². The lowest BCUT2D eigenvalue weighted by Gasteiger charge is -2.23. The van der Waals surface area contributed by atoms with Gasteiger partial charge in [-0.3, -0.25) is 4.79 Å². The van der Waals surface area contributed by atoms with Crippen LogP contribution in [0.25, 0.3) is 0 Å². The quantitative estimate of drug-likeness (QED) is 0.663. The van der Waals surface area contributed by atoms with E-state index in [4.69, 9.17) is 15.3 Å². The van der Waals surface area contributed by atoms with E-state index in [0.717, 1.165) is 43.3 Å². The summed E-state index contributed by atoms with van der Waals surface area (Å²) in [5.74, 6) is -3.20. The zero-order valence-electron chi connectivity index (χ0n) is 14.7. The van der Waals surface area contributed by atoms with Gasteiger partial charge >= 0.3 is 0 Å². The number of hydrogen-bond acceptors (Lipinski definition) is 8. The van der Waals surface area contributed by atoms with E-state index in [1.165, 1.54) is 13.2 Å². The Bertz CT molecular complexity index is 810. The average molecular weight is 398 g/mol.